The Balaban J connectivity index is 2.06. The molecule has 1 aromatic rings. The van der Waals surface area contributed by atoms with Crippen molar-refractivity contribution in [1.82, 2.24) is 4.98 Å². The Bertz CT molecular complexity index is 450. The molecule has 9 heteroatoms. The van der Waals surface area contributed by atoms with Crippen LogP contribution in [0.1, 0.15) is 5.56 Å². The molecule has 1 fully saturated rings. The van der Waals surface area contributed by atoms with Gasteiger partial charge in [-0.3, -0.25) is 0 Å². The van der Waals surface area contributed by atoms with Gasteiger partial charge in [0.2, 0.25) is 0 Å². The van der Waals surface area contributed by atoms with Crippen LogP contribution in [0.15, 0.2) is 12.1 Å². The molecule has 20 heavy (non-hydrogen) atoms. The van der Waals surface area contributed by atoms with Gasteiger partial charge in [0.05, 0.1) is 5.56 Å². The molecule has 1 aliphatic rings. The number of hydrazine groups is 1. The second-order valence-corrected chi connectivity index (χ2v) is 6.78. The zero-order chi connectivity index (χ0) is 14.6. The molecular formula is C11H15F3N4S2. The minimum Gasteiger partial charge on any atom is -0.369 e. The maximum absolute atomic E-state index is 12.7. The third kappa shape index (κ3) is 4.35. The first-order chi connectivity index (χ1) is 9.49. The lowest BCUT2D eigenvalue weighted by Gasteiger charge is -2.21. The van der Waals surface area contributed by atoms with Crippen LogP contribution in [-0.4, -0.2) is 34.0 Å². The van der Waals surface area contributed by atoms with Crippen LogP contribution in [-0.2, 0) is 6.18 Å². The van der Waals surface area contributed by atoms with Gasteiger partial charge in [-0.25, -0.2) is 10.8 Å². The normalized spacial score (nSPS) is 19.7. The van der Waals surface area contributed by atoms with Gasteiger partial charge in [0.15, 0.2) is 0 Å². The molecule has 0 amide bonds. The molecule has 0 spiro atoms. The fraction of sp³-hybridized carbons (Fsp3) is 0.545. The van der Waals surface area contributed by atoms with E-state index in [0.29, 0.717) is 11.8 Å². The van der Waals surface area contributed by atoms with E-state index < -0.39 is 11.7 Å². The number of hydrogen-bond acceptors (Lipinski definition) is 6. The Morgan fingerprint density at radius 2 is 2.05 bits per heavy atom. The number of nitrogen functional groups attached to an aromatic ring is 1. The molecule has 1 atom stereocenters. The number of nitrogens with one attached hydrogen (secondary N) is 2. The Hall–Kier alpha value is -0.800. The minimum absolute atomic E-state index is 0.00648. The molecule has 1 saturated heterocycles. The summed E-state index contributed by atoms with van der Waals surface area (Å²) in [4.78, 5) is 3.99. The van der Waals surface area contributed by atoms with Gasteiger partial charge in [0.25, 0.3) is 0 Å². The van der Waals surface area contributed by atoms with Crippen molar-refractivity contribution >= 4 is 35.2 Å². The van der Waals surface area contributed by atoms with Gasteiger partial charge in [-0.15, -0.1) is 0 Å². The van der Waals surface area contributed by atoms with Gasteiger partial charge in [0, 0.05) is 29.1 Å². The van der Waals surface area contributed by atoms with Crippen molar-refractivity contribution in [2.45, 2.75) is 11.4 Å². The van der Waals surface area contributed by atoms with Gasteiger partial charge < -0.3 is 10.7 Å². The topological polar surface area (TPSA) is 63.0 Å². The van der Waals surface area contributed by atoms with Crippen molar-refractivity contribution < 1.29 is 13.2 Å². The molecule has 4 nitrogen and oxygen atoms in total. The number of rotatable bonds is 4. The SMILES string of the molecule is NNc1cc(C(F)(F)F)cc(NCC2CSCCS2)n1. The summed E-state index contributed by atoms with van der Waals surface area (Å²) in [6.45, 7) is 0.593. The van der Waals surface area contributed by atoms with Crippen LogP contribution in [0.4, 0.5) is 24.8 Å². The largest absolute Gasteiger partial charge is 0.416 e. The van der Waals surface area contributed by atoms with E-state index in [1.165, 1.54) is 0 Å². The molecular weight excluding hydrogens is 309 g/mol. The highest BCUT2D eigenvalue weighted by Crippen LogP contribution is 2.32. The summed E-state index contributed by atoms with van der Waals surface area (Å²) in [5.41, 5.74) is 1.39. The summed E-state index contributed by atoms with van der Waals surface area (Å²) in [5.74, 6) is 8.53. The molecule has 0 aliphatic carbocycles. The number of nitrogens with zero attached hydrogens (tertiary/aromatic N) is 1. The molecule has 0 saturated carbocycles. The second kappa shape index (κ2) is 6.77. The molecule has 1 aliphatic heterocycles. The molecule has 4 N–H and O–H groups in total. The van der Waals surface area contributed by atoms with Crippen LogP contribution < -0.4 is 16.6 Å². The molecule has 112 valence electrons. The number of hydrogen-bond donors (Lipinski definition) is 3. The maximum atomic E-state index is 12.7. The van der Waals surface area contributed by atoms with Crippen LogP contribution in [0, 0.1) is 0 Å². The van der Waals surface area contributed by atoms with Crippen molar-refractivity contribution in [2.24, 2.45) is 5.84 Å². The molecule has 1 aromatic heterocycles. The summed E-state index contributed by atoms with van der Waals surface area (Å²) >= 11 is 3.69. The van der Waals surface area contributed by atoms with Crippen molar-refractivity contribution in [1.29, 1.82) is 0 Å². The Labute approximate surface area is 123 Å². The summed E-state index contributed by atoms with van der Waals surface area (Å²) in [5, 5.41) is 3.35. The van der Waals surface area contributed by atoms with Gasteiger partial charge in [-0.05, 0) is 12.1 Å². The van der Waals surface area contributed by atoms with E-state index in [4.69, 9.17) is 5.84 Å². The van der Waals surface area contributed by atoms with Crippen molar-refractivity contribution in [3.8, 4) is 0 Å². The number of anilines is 2. The zero-order valence-electron chi connectivity index (χ0n) is 10.5. The maximum Gasteiger partial charge on any atom is 0.416 e. The third-order valence-corrected chi connectivity index (χ3v) is 5.54. The standard InChI is InChI=1S/C11H15F3N4S2/c12-11(13,14)7-3-9(17-10(4-7)18-15)16-5-8-6-19-1-2-20-8/h3-4,8H,1-2,5-6,15H2,(H2,16,17,18). The summed E-state index contributed by atoms with van der Waals surface area (Å²) in [6, 6.07) is 1.89. The molecule has 0 radical (unpaired) electrons. The number of thioether (sulfide) groups is 2. The van der Waals surface area contributed by atoms with E-state index in [2.05, 4.69) is 15.7 Å². The number of alkyl halides is 3. The van der Waals surface area contributed by atoms with Crippen LogP contribution >= 0.6 is 23.5 Å². The average molecular weight is 324 g/mol. The highest BCUT2D eigenvalue weighted by atomic mass is 32.2. The summed E-state index contributed by atoms with van der Waals surface area (Å²) < 4.78 is 38.2. The lowest BCUT2D eigenvalue weighted by atomic mass is 10.2. The van der Waals surface area contributed by atoms with Gasteiger partial charge in [0.1, 0.15) is 11.6 Å². The van der Waals surface area contributed by atoms with Crippen LogP contribution in [0.5, 0.6) is 0 Å². The smallest absolute Gasteiger partial charge is 0.369 e. The first-order valence-electron chi connectivity index (χ1n) is 5.98. The monoisotopic (exact) mass is 324 g/mol. The van der Waals surface area contributed by atoms with Gasteiger partial charge >= 0.3 is 6.18 Å². The molecule has 1 unspecified atom stereocenters. The lowest BCUT2D eigenvalue weighted by molar-refractivity contribution is -0.137. The first kappa shape index (κ1) is 15.6. The van der Waals surface area contributed by atoms with Gasteiger partial charge in [-0.2, -0.15) is 36.7 Å². The van der Waals surface area contributed by atoms with Crippen LogP contribution in [0.3, 0.4) is 0 Å². The molecule has 2 heterocycles. The minimum atomic E-state index is -4.42. The molecule has 0 aromatic carbocycles. The third-order valence-electron chi connectivity index (χ3n) is 2.70. The van der Waals surface area contributed by atoms with E-state index in [1.807, 2.05) is 23.5 Å². The second-order valence-electron chi connectivity index (χ2n) is 4.22. The predicted octanol–water partition coefficient (Wildman–Crippen LogP) is 2.65. The zero-order valence-corrected chi connectivity index (χ0v) is 12.2. The quantitative estimate of drug-likeness (QED) is 0.585. The van der Waals surface area contributed by atoms with E-state index in [-0.39, 0.29) is 11.6 Å². The Morgan fingerprint density at radius 1 is 1.30 bits per heavy atom. The molecule has 2 rings (SSSR count). The number of halogens is 3. The fourth-order valence-corrected chi connectivity index (χ4v) is 4.34. The highest BCUT2D eigenvalue weighted by molar-refractivity contribution is 8.06. The van der Waals surface area contributed by atoms with Crippen LogP contribution in [0.25, 0.3) is 0 Å². The Morgan fingerprint density at radius 3 is 2.65 bits per heavy atom. The average Bonchev–Trinajstić information content (AvgIpc) is 2.45. The Kier molecular flexibility index (Phi) is 5.28. The summed E-state index contributed by atoms with van der Waals surface area (Å²) in [6.07, 6.45) is -4.42. The molecule has 0 bridgehead atoms. The number of aromatic nitrogens is 1. The highest BCUT2D eigenvalue weighted by Gasteiger charge is 2.31. The summed E-state index contributed by atoms with van der Waals surface area (Å²) in [7, 11) is 0. The van der Waals surface area contributed by atoms with E-state index >= 15 is 0 Å². The van der Waals surface area contributed by atoms with Crippen LogP contribution in [0.2, 0.25) is 0 Å². The van der Waals surface area contributed by atoms with Crippen molar-refractivity contribution in [2.75, 3.05) is 34.5 Å². The predicted molar refractivity (Wildman–Crippen MR) is 79.1 cm³/mol. The fourth-order valence-electron chi connectivity index (χ4n) is 1.73. The first-order valence-corrected chi connectivity index (χ1v) is 8.18. The van der Waals surface area contributed by atoms with Gasteiger partial charge in [-0.1, -0.05) is 0 Å². The van der Waals surface area contributed by atoms with E-state index in [1.54, 1.807) is 0 Å². The van der Waals surface area contributed by atoms with Crippen molar-refractivity contribution in [3.05, 3.63) is 17.7 Å². The van der Waals surface area contributed by atoms with E-state index in [0.717, 1.165) is 29.4 Å². The number of nitrogens with two attached hydrogens (primary N) is 1. The van der Waals surface area contributed by atoms with E-state index in [9.17, 15) is 13.2 Å². The lowest BCUT2D eigenvalue weighted by Crippen LogP contribution is -2.24. The van der Waals surface area contributed by atoms with Crippen molar-refractivity contribution in [3.63, 3.8) is 0 Å². The number of pyridine rings is 1.